The van der Waals surface area contributed by atoms with Gasteiger partial charge in [0.15, 0.2) is 0 Å². The number of imide groups is 1. The summed E-state index contributed by atoms with van der Waals surface area (Å²) in [4.78, 5) is 37.5. The first-order valence-corrected chi connectivity index (χ1v) is 6.84. The molecule has 21 heavy (non-hydrogen) atoms. The fraction of sp³-hybridized carbons (Fsp3) is 0.400. The minimum absolute atomic E-state index is 0.0357. The van der Waals surface area contributed by atoms with E-state index < -0.39 is 12.0 Å². The second-order valence-corrected chi connectivity index (χ2v) is 5.04. The molecule has 1 atom stereocenters. The lowest BCUT2D eigenvalue weighted by Gasteiger charge is -2.29. The number of hydrogen-bond donors (Lipinski definition) is 1. The summed E-state index contributed by atoms with van der Waals surface area (Å²) in [6.07, 6.45) is 0.594. The van der Waals surface area contributed by atoms with E-state index in [1.165, 1.54) is 7.05 Å². The van der Waals surface area contributed by atoms with Crippen LogP contribution in [-0.2, 0) is 14.4 Å². The highest BCUT2D eigenvalue weighted by atomic mass is 16.4. The molecule has 2 amide bonds. The number of anilines is 1. The van der Waals surface area contributed by atoms with Crippen LogP contribution >= 0.6 is 0 Å². The van der Waals surface area contributed by atoms with Crippen molar-refractivity contribution in [3.8, 4) is 0 Å². The number of carboxylic acid groups (broad SMARTS) is 1. The summed E-state index contributed by atoms with van der Waals surface area (Å²) < 4.78 is 0. The van der Waals surface area contributed by atoms with Gasteiger partial charge in [-0.25, -0.2) is 0 Å². The molecule has 1 aromatic carbocycles. The zero-order chi connectivity index (χ0) is 15.4. The molecule has 1 saturated heterocycles. The fourth-order valence-corrected chi connectivity index (χ4v) is 2.46. The number of likely N-dealkylation sites (tertiary alicyclic amines) is 1. The lowest BCUT2D eigenvalue weighted by molar-refractivity contribution is -0.138. The van der Waals surface area contributed by atoms with Crippen LogP contribution in [-0.4, -0.2) is 47.4 Å². The van der Waals surface area contributed by atoms with E-state index >= 15 is 0 Å². The first kappa shape index (κ1) is 15.0. The van der Waals surface area contributed by atoms with Crippen LogP contribution in [0.1, 0.15) is 19.3 Å². The van der Waals surface area contributed by atoms with Crippen LogP contribution in [0.25, 0.3) is 0 Å². The lowest BCUT2D eigenvalue weighted by Crippen LogP contribution is -2.42. The molecule has 0 aliphatic carbocycles. The summed E-state index contributed by atoms with van der Waals surface area (Å²) in [7, 11) is 1.48. The van der Waals surface area contributed by atoms with Crippen molar-refractivity contribution >= 4 is 23.5 Å². The van der Waals surface area contributed by atoms with E-state index in [0.717, 1.165) is 10.6 Å². The van der Waals surface area contributed by atoms with Gasteiger partial charge < -0.3 is 10.0 Å². The number of rotatable bonds is 6. The molecule has 0 radical (unpaired) electrons. The molecule has 1 heterocycles. The van der Waals surface area contributed by atoms with E-state index in [9.17, 15) is 14.4 Å². The predicted molar refractivity (Wildman–Crippen MR) is 76.8 cm³/mol. The Morgan fingerprint density at radius 3 is 2.52 bits per heavy atom. The minimum Gasteiger partial charge on any atom is -0.481 e. The van der Waals surface area contributed by atoms with E-state index in [4.69, 9.17) is 5.11 Å². The van der Waals surface area contributed by atoms with Gasteiger partial charge in [0.2, 0.25) is 5.91 Å². The van der Waals surface area contributed by atoms with E-state index in [-0.39, 0.29) is 24.7 Å². The van der Waals surface area contributed by atoms with Gasteiger partial charge in [-0.3, -0.25) is 19.3 Å². The zero-order valence-corrected chi connectivity index (χ0v) is 11.9. The van der Waals surface area contributed by atoms with Gasteiger partial charge in [-0.05, 0) is 18.6 Å². The second kappa shape index (κ2) is 6.39. The third kappa shape index (κ3) is 3.39. The summed E-state index contributed by atoms with van der Waals surface area (Å²) in [5.74, 6) is -1.31. The highest BCUT2D eigenvalue weighted by Crippen LogP contribution is 2.24. The molecule has 6 nitrogen and oxygen atoms in total. The summed E-state index contributed by atoms with van der Waals surface area (Å²) in [6, 6.07) is 8.74. The van der Waals surface area contributed by atoms with Gasteiger partial charge in [0.1, 0.15) is 6.04 Å². The zero-order valence-electron chi connectivity index (χ0n) is 11.9. The number of hydrogen-bond acceptors (Lipinski definition) is 4. The van der Waals surface area contributed by atoms with E-state index in [1.54, 1.807) is 0 Å². The van der Waals surface area contributed by atoms with E-state index in [0.29, 0.717) is 13.0 Å². The maximum Gasteiger partial charge on any atom is 0.303 e. The number of nitrogens with zero attached hydrogens (tertiary/aromatic N) is 2. The summed E-state index contributed by atoms with van der Waals surface area (Å²) in [6.45, 7) is 0.424. The first-order valence-electron chi connectivity index (χ1n) is 6.84. The number of aliphatic carboxylic acids is 1. The van der Waals surface area contributed by atoms with Gasteiger partial charge in [-0.1, -0.05) is 18.2 Å². The molecule has 112 valence electrons. The van der Waals surface area contributed by atoms with Crippen molar-refractivity contribution < 1.29 is 19.5 Å². The lowest BCUT2D eigenvalue weighted by atomic mass is 10.1. The highest BCUT2D eigenvalue weighted by Gasteiger charge is 2.39. The van der Waals surface area contributed by atoms with Crippen molar-refractivity contribution in [2.24, 2.45) is 0 Å². The monoisotopic (exact) mass is 290 g/mol. The van der Waals surface area contributed by atoms with Gasteiger partial charge in [0.05, 0.1) is 6.42 Å². The molecule has 2 rings (SSSR count). The molecule has 1 unspecified atom stereocenters. The molecule has 6 heteroatoms. The Labute approximate surface area is 123 Å². The molecule has 0 bridgehead atoms. The SMILES string of the molecule is CN1C(=O)CC(N(CCCC(=O)O)c2ccccc2)C1=O. The molecule has 1 aliphatic rings. The number of carbonyl (C=O) groups excluding carboxylic acids is 2. The van der Waals surface area contributed by atoms with Crippen LogP contribution in [0.3, 0.4) is 0 Å². The third-order valence-electron chi connectivity index (χ3n) is 3.61. The van der Waals surface area contributed by atoms with Crippen LogP contribution in [0.2, 0.25) is 0 Å². The third-order valence-corrected chi connectivity index (χ3v) is 3.61. The molecule has 0 saturated carbocycles. The molecular formula is C15H18N2O4. The van der Waals surface area contributed by atoms with Crippen LogP contribution in [0, 0.1) is 0 Å². The number of para-hydroxylation sites is 1. The smallest absolute Gasteiger partial charge is 0.303 e. The Bertz CT molecular complexity index is 544. The van der Waals surface area contributed by atoms with Crippen molar-refractivity contribution in [2.75, 3.05) is 18.5 Å². The number of carbonyl (C=O) groups is 3. The molecule has 1 N–H and O–H groups in total. The van der Waals surface area contributed by atoms with E-state index in [2.05, 4.69) is 0 Å². The quantitative estimate of drug-likeness (QED) is 0.794. The largest absolute Gasteiger partial charge is 0.481 e. The number of amides is 2. The fourth-order valence-electron chi connectivity index (χ4n) is 2.46. The summed E-state index contributed by atoms with van der Waals surface area (Å²) in [5, 5.41) is 8.75. The molecule has 0 aromatic heterocycles. The van der Waals surface area contributed by atoms with Gasteiger partial charge in [-0.2, -0.15) is 0 Å². The van der Waals surface area contributed by atoms with Crippen LogP contribution in [0.15, 0.2) is 30.3 Å². The molecule has 1 aliphatic heterocycles. The van der Waals surface area contributed by atoms with Gasteiger partial charge >= 0.3 is 5.97 Å². The van der Waals surface area contributed by atoms with Crippen LogP contribution < -0.4 is 4.90 Å². The minimum atomic E-state index is -0.867. The Morgan fingerprint density at radius 2 is 2.00 bits per heavy atom. The average Bonchev–Trinajstić information content (AvgIpc) is 2.72. The Balaban J connectivity index is 2.18. The van der Waals surface area contributed by atoms with Crippen molar-refractivity contribution in [1.29, 1.82) is 0 Å². The van der Waals surface area contributed by atoms with Crippen LogP contribution in [0.4, 0.5) is 5.69 Å². The average molecular weight is 290 g/mol. The Hall–Kier alpha value is -2.37. The summed E-state index contributed by atoms with van der Waals surface area (Å²) in [5.41, 5.74) is 0.823. The number of likely N-dealkylation sites (N-methyl/N-ethyl adjacent to an activating group) is 1. The van der Waals surface area contributed by atoms with Crippen molar-refractivity contribution in [2.45, 2.75) is 25.3 Å². The first-order chi connectivity index (χ1) is 10.0. The van der Waals surface area contributed by atoms with Gasteiger partial charge in [-0.15, -0.1) is 0 Å². The van der Waals surface area contributed by atoms with Crippen molar-refractivity contribution in [3.05, 3.63) is 30.3 Å². The maximum atomic E-state index is 12.2. The predicted octanol–water partition coefficient (Wildman–Crippen LogP) is 1.12. The second-order valence-electron chi connectivity index (χ2n) is 5.04. The molecule has 0 spiro atoms. The molecule has 1 aromatic rings. The maximum absolute atomic E-state index is 12.2. The van der Waals surface area contributed by atoms with Gasteiger partial charge in [0, 0.05) is 25.7 Å². The number of benzene rings is 1. The highest BCUT2D eigenvalue weighted by molar-refractivity contribution is 6.06. The number of carboxylic acids is 1. The molecular weight excluding hydrogens is 272 g/mol. The normalized spacial score (nSPS) is 18.1. The van der Waals surface area contributed by atoms with Crippen molar-refractivity contribution in [3.63, 3.8) is 0 Å². The van der Waals surface area contributed by atoms with Crippen LogP contribution in [0.5, 0.6) is 0 Å². The topological polar surface area (TPSA) is 77.9 Å². The Kier molecular flexibility index (Phi) is 4.57. The Morgan fingerprint density at radius 1 is 1.33 bits per heavy atom. The summed E-state index contributed by atoms with van der Waals surface area (Å²) >= 11 is 0. The van der Waals surface area contributed by atoms with Gasteiger partial charge in [0.25, 0.3) is 5.91 Å². The standard InChI is InChI=1S/C15H18N2O4/c1-16-13(18)10-12(15(16)21)17(9-5-8-14(19)20)11-6-3-2-4-7-11/h2-4,6-7,12H,5,8-10H2,1H3,(H,19,20). The van der Waals surface area contributed by atoms with Crippen molar-refractivity contribution in [1.82, 2.24) is 4.90 Å². The molecule has 1 fully saturated rings. The van der Waals surface area contributed by atoms with E-state index in [1.807, 2.05) is 35.2 Å².